The molecule has 5 nitrogen and oxygen atoms in total. The highest BCUT2D eigenvalue weighted by Crippen LogP contribution is 2.18. The number of likely N-dealkylation sites (tertiary alicyclic amines) is 2. The lowest BCUT2D eigenvalue weighted by Crippen LogP contribution is -2.35. The number of carbonyl (C=O) groups excluding carboxylic acids is 2. The summed E-state index contributed by atoms with van der Waals surface area (Å²) in [7, 11) is 4.07. The van der Waals surface area contributed by atoms with Gasteiger partial charge in [-0.15, -0.1) is 0 Å². The number of unbranched alkanes of at least 4 members (excludes halogenated alkanes) is 5. The van der Waals surface area contributed by atoms with Gasteiger partial charge < -0.3 is 14.7 Å². The average Bonchev–Trinajstić information content (AvgIpc) is 2.83. The molecular formula is C27H55N3O2. The van der Waals surface area contributed by atoms with Gasteiger partial charge in [0.25, 0.3) is 0 Å². The highest BCUT2D eigenvalue weighted by atomic mass is 16.2. The van der Waals surface area contributed by atoms with Gasteiger partial charge in [-0.1, -0.05) is 52.9 Å². The Balaban J connectivity index is 0.000000723. The zero-order chi connectivity index (χ0) is 24.2. The normalized spacial score (nSPS) is 17.0. The standard InChI is InChI=1S/C17H32N2O2.C8H17N.C2H6/c1-16(20)18(2)13-9-6-4-3-5-8-12-17(21)19-14-10-7-11-15-19;1-3-8-4-6-9(2)7-5-8;1-2/h3-15H2,1-2H3;8H,3-7H2,1-2H3;1-2H3. The predicted octanol–water partition coefficient (Wildman–Crippen LogP) is 5.97. The summed E-state index contributed by atoms with van der Waals surface area (Å²) in [5.41, 5.74) is 0. The molecule has 0 aromatic rings. The van der Waals surface area contributed by atoms with Gasteiger partial charge in [0.15, 0.2) is 0 Å². The minimum Gasteiger partial charge on any atom is -0.346 e. The first-order valence-electron chi connectivity index (χ1n) is 13.6. The molecule has 2 fully saturated rings. The third-order valence-corrected chi connectivity index (χ3v) is 6.80. The lowest BCUT2D eigenvalue weighted by atomic mass is 9.95. The van der Waals surface area contributed by atoms with Gasteiger partial charge in [-0.25, -0.2) is 0 Å². The molecule has 2 saturated heterocycles. The van der Waals surface area contributed by atoms with Crippen molar-refractivity contribution in [1.29, 1.82) is 0 Å². The maximum atomic E-state index is 12.0. The second-order valence-electron chi connectivity index (χ2n) is 9.41. The van der Waals surface area contributed by atoms with Gasteiger partial charge in [0.1, 0.15) is 0 Å². The molecule has 0 bridgehead atoms. The lowest BCUT2D eigenvalue weighted by Gasteiger charge is -2.27. The van der Waals surface area contributed by atoms with E-state index in [1.165, 1.54) is 70.9 Å². The third kappa shape index (κ3) is 15.7. The van der Waals surface area contributed by atoms with Gasteiger partial charge in [0.05, 0.1) is 0 Å². The summed E-state index contributed by atoms with van der Waals surface area (Å²) in [6.07, 6.45) is 15.5. The quantitative estimate of drug-likeness (QED) is 0.383. The fraction of sp³-hybridized carbons (Fsp3) is 0.926. The molecule has 0 aromatic carbocycles. The summed E-state index contributed by atoms with van der Waals surface area (Å²) in [5, 5.41) is 0. The van der Waals surface area contributed by atoms with Crippen molar-refractivity contribution in [2.24, 2.45) is 5.92 Å². The number of amides is 2. The number of hydrogen-bond acceptors (Lipinski definition) is 3. The van der Waals surface area contributed by atoms with E-state index in [1.54, 1.807) is 11.8 Å². The smallest absolute Gasteiger partial charge is 0.222 e. The van der Waals surface area contributed by atoms with E-state index in [0.717, 1.165) is 51.2 Å². The monoisotopic (exact) mass is 453 g/mol. The first-order valence-corrected chi connectivity index (χ1v) is 13.6. The molecule has 0 spiro atoms. The van der Waals surface area contributed by atoms with Crippen LogP contribution in [0.1, 0.15) is 111 Å². The molecule has 2 heterocycles. The Bertz CT molecular complexity index is 456. The molecule has 2 rings (SSSR count). The summed E-state index contributed by atoms with van der Waals surface area (Å²) in [4.78, 5) is 29.2. The molecule has 0 aromatic heterocycles. The van der Waals surface area contributed by atoms with Crippen LogP contribution in [0.25, 0.3) is 0 Å². The molecule has 5 heteroatoms. The summed E-state index contributed by atoms with van der Waals surface area (Å²) in [6.45, 7) is 13.4. The molecule has 32 heavy (non-hydrogen) atoms. The molecule has 2 amide bonds. The Morgan fingerprint density at radius 1 is 0.844 bits per heavy atom. The molecule has 0 unspecified atom stereocenters. The first kappa shape index (κ1) is 30.9. The zero-order valence-electron chi connectivity index (χ0n) is 22.5. The Kier molecular flexibility index (Phi) is 19.8. The van der Waals surface area contributed by atoms with Crippen LogP contribution >= 0.6 is 0 Å². The average molecular weight is 454 g/mol. The Morgan fingerprint density at radius 3 is 1.91 bits per heavy atom. The number of piperidine rings is 2. The van der Waals surface area contributed by atoms with Crippen LogP contribution in [0.15, 0.2) is 0 Å². The highest BCUT2D eigenvalue weighted by Gasteiger charge is 2.15. The van der Waals surface area contributed by atoms with E-state index in [-0.39, 0.29) is 5.91 Å². The maximum absolute atomic E-state index is 12.0. The van der Waals surface area contributed by atoms with Gasteiger partial charge in [0.2, 0.25) is 11.8 Å². The van der Waals surface area contributed by atoms with Crippen molar-refractivity contribution in [3.63, 3.8) is 0 Å². The fourth-order valence-electron chi connectivity index (χ4n) is 4.26. The van der Waals surface area contributed by atoms with Crippen LogP contribution < -0.4 is 0 Å². The van der Waals surface area contributed by atoms with Crippen LogP contribution in [-0.2, 0) is 9.59 Å². The van der Waals surface area contributed by atoms with Crippen molar-refractivity contribution < 1.29 is 9.59 Å². The molecule has 190 valence electrons. The van der Waals surface area contributed by atoms with E-state index >= 15 is 0 Å². The topological polar surface area (TPSA) is 43.9 Å². The van der Waals surface area contributed by atoms with Gasteiger partial charge >= 0.3 is 0 Å². The van der Waals surface area contributed by atoms with Crippen molar-refractivity contribution in [2.45, 2.75) is 111 Å². The van der Waals surface area contributed by atoms with E-state index in [0.29, 0.717) is 5.91 Å². The molecule has 0 saturated carbocycles. The first-order chi connectivity index (χ1) is 15.4. The van der Waals surface area contributed by atoms with Crippen LogP contribution in [-0.4, -0.2) is 73.3 Å². The van der Waals surface area contributed by atoms with Crippen LogP contribution in [0.4, 0.5) is 0 Å². The molecular weight excluding hydrogens is 398 g/mol. The Morgan fingerprint density at radius 2 is 1.38 bits per heavy atom. The van der Waals surface area contributed by atoms with Gasteiger partial charge in [-0.2, -0.15) is 0 Å². The summed E-state index contributed by atoms with van der Waals surface area (Å²) >= 11 is 0. The van der Waals surface area contributed by atoms with Crippen LogP contribution in [0.2, 0.25) is 0 Å². The molecule has 0 radical (unpaired) electrons. The zero-order valence-corrected chi connectivity index (χ0v) is 22.5. The minimum atomic E-state index is 0.145. The van der Waals surface area contributed by atoms with Crippen LogP contribution in [0, 0.1) is 5.92 Å². The largest absolute Gasteiger partial charge is 0.346 e. The third-order valence-electron chi connectivity index (χ3n) is 6.80. The SMILES string of the molecule is CC.CC(=O)N(C)CCCCCCCCC(=O)N1CCCCC1.CCC1CCN(C)CC1. The molecule has 0 N–H and O–H groups in total. The second kappa shape index (κ2) is 20.5. The highest BCUT2D eigenvalue weighted by molar-refractivity contribution is 5.76. The van der Waals surface area contributed by atoms with Gasteiger partial charge in [-0.05, 0) is 71.0 Å². The van der Waals surface area contributed by atoms with Crippen molar-refractivity contribution in [1.82, 2.24) is 14.7 Å². The van der Waals surface area contributed by atoms with E-state index in [9.17, 15) is 9.59 Å². The number of carbonyl (C=O) groups is 2. The van der Waals surface area contributed by atoms with Gasteiger partial charge in [-0.3, -0.25) is 9.59 Å². The van der Waals surface area contributed by atoms with E-state index in [2.05, 4.69) is 18.9 Å². The number of nitrogens with zero attached hydrogens (tertiary/aromatic N) is 3. The molecule has 0 atom stereocenters. The maximum Gasteiger partial charge on any atom is 0.222 e. The predicted molar refractivity (Wildman–Crippen MR) is 138 cm³/mol. The summed E-state index contributed by atoms with van der Waals surface area (Å²) in [6, 6.07) is 0. The number of rotatable bonds is 10. The fourth-order valence-corrected chi connectivity index (χ4v) is 4.26. The van der Waals surface area contributed by atoms with E-state index < -0.39 is 0 Å². The van der Waals surface area contributed by atoms with E-state index in [1.807, 2.05) is 25.8 Å². The van der Waals surface area contributed by atoms with Crippen molar-refractivity contribution >= 4 is 11.8 Å². The minimum absolute atomic E-state index is 0.145. The lowest BCUT2D eigenvalue weighted by molar-refractivity contribution is -0.132. The van der Waals surface area contributed by atoms with Crippen LogP contribution in [0.5, 0.6) is 0 Å². The van der Waals surface area contributed by atoms with Crippen molar-refractivity contribution in [2.75, 3.05) is 46.8 Å². The number of hydrogen-bond donors (Lipinski definition) is 0. The second-order valence-corrected chi connectivity index (χ2v) is 9.41. The Hall–Kier alpha value is -1.10. The summed E-state index contributed by atoms with van der Waals surface area (Å²) < 4.78 is 0. The molecule has 2 aliphatic heterocycles. The van der Waals surface area contributed by atoms with Crippen molar-refractivity contribution in [3.8, 4) is 0 Å². The molecule has 2 aliphatic rings. The van der Waals surface area contributed by atoms with Crippen molar-refractivity contribution in [3.05, 3.63) is 0 Å². The van der Waals surface area contributed by atoms with E-state index in [4.69, 9.17) is 0 Å². The van der Waals surface area contributed by atoms with Gasteiger partial charge in [0, 0.05) is 40.0 Å². The Labute approximate surface area is 200 Å². The molecule has 0 aliphatic carbocycles. The summed E-state index contributed by atoms with van der Waals surface area (Å²) in [5.74, 6) is 1.53. The van der Waals surface area contributed by atoms with Crippen LogP contribution in [0.3, 0.4) is 0 Å².